The zero-order valence-electron chi connectivity index (χ0n) is 19.7. The van der Waals surface area contributed by atoms with E-state index < -0.39 is 36.3 Å². The maximum atomic E-state index is 12.0. The van der Waals surface area contributed by atoms with E-state index >= 15 is 0 Å². The number of imide groups is 1. The number of hydrogen-bond acceptors (Lipinski definition) is 6. The summed E-state index contributed by atoms with van der Waals surface area (Å²) in [6.07, 6.45) is 5.25. The number of hydrogen-bond donors (Lipinski definition) is 4. The van der Waals surface area contributed by atoms with Gasteiger partial charge in [0.15, 0.2) is 0 Å². The number of allylic oxidation sites excluding steroid dienone is 1. The van der Waals surface area contributed by atoms with Gasteiger partial charge in [0.1, 0.15) is 6.04 Å². The number of unbranched alkanes of at least 4 members (excludes halogenated alkanes) is 2. The number of nitrogens with one attached hydrogen (secondary N) is 3. The third-order valence-corrected chi connectivity index (χ3v) is 4.83. The topological polar surface area (TPSA) is 162 Å². The molecule has 11 nitrogen and oxygen atoms in total. The van der Waals surface area contributed by atoms with Gasteiger partial charge >= 0.3 is 5.97 Å². The van der Waals surface area contributed by atoms with Crippen molar-refractivity contribution >= 4 is 36.0 Å². The summed E-state index contributed by atoms with van der Waals surface area (Å²) in [6, 6.07) is 7.68. The van der Waals surface area contributed by atoms with Crippen molar-refractivity contribution in [3.63, 3.8) is 0 Å². The first-order valence-electron chi connectivity index (χ1n) is 11.2. The van der Waals surface area contributed by atoms with E-state index in [4.69, 9.17) is 0 Å². The van der Waals surface area contributed by atoms with E-state index in [1.807, 2.05) is 0 Å². The fourth-order valence-electron chi connectivity index (χ4n) is 3.00. The fourth-order valence-corrected chi connectivity index (χ4v) is 3.00. The van der Waals surface area contributed by atoms with E-state index in [2.05, 4.69) is 16.0 Å². The molecule has 4 N–H and O–H groups in total. The molecule has 0 bridgehead atoms. The Labute approximate surface area is 203 Å². The molecule has 0 heterocycles. The Hall–Kier alpha value is -4.02. The van der Waals surface area contributed by atoms with E-state index in [1.165, 1.54) is 6.08 Å². The monoisotopic (exact) mass is 488 g/mol. The number of aliphatic carboxylic acids is 1. The van der Waals surface area contributed by atoms with Gasteiger partial charge in [-0.05, 0) is 31.4 Å². The highest BCUT2D eigenvalue weighted by Crippen LogP contribution is 2.04. The third kappa shape index (κ3) is 12.7. The average molecular weight is 489 g/mol. The van der Waals surface area contributed by atoms with Crippen molar-refractivity contribution in [3.8, 4) is 0 Å². The molecule has 35 heavy (non-hydrogen) atoms. The highest BCUT2D eigenvalue weighted by Gasteiger charge is 2.20. The van der Waals surface area contributed by atoms with Crippen molar-refractivity contribution < 1.29 is 33.9 Å². The van der Waals surface area contributed by atoms with E-state index in [0.717, 1.165) is 10.5 Å². The number of carboxylic acid groups (broad SMARTS) is 1. The zero-order valence-corrected chi connectivity index (χ0v) is 19.7. The quantitative estimate of drug-likeness (QED) is 0.146. The Kier molecular flexibility index (Phi) is 13.7. The highest BCUT2D eigenvalue weighted by molar-refractivity contribution is 5.94. The lowest BCUT2D eigenvalue weighted by Gasteiger charge is -2.15. The minimum absolute atomic E-state index is 0.102. The van der Waals surface area contributed by atoms with Crippen LogP contribution in [0.3, 0.4) is 0 Å². The van der Waals surface area contributed by atoms with Crippen LogP contribution in [0.5, 0.6) is 0 Å². The molecular weight excluding hydrogens is 456 g/mol. The van der Waals surface area contributed by atoms with Gasteiger partial charge in [0, 0.05) is 19.4 Å². The first-order chi connectivity index (χ1) is 16.8. The SMILES string of the molecule is C/C=C\C(=O)N(C=O)CCCCCC(=O)NCC(=O)NCC(=O)N[C@@H](Cc1ccccc1)C(=O)O. The highest BCUT2D eigenvalue weighted by atomic mass is 16.4. The van der Waals surface area contributed by atoms with Crippen LogP contribution in [0.1, 0.15) is 38.2 Å². The summed E-state index contributed by atoms with van der Waals surface area (Å²) in [7, 11) is 0. The summed E-state index contributed by atoms with van der Waals surface area (Å²) < 4.78 is 0. The van der Waals surface area contributed by atoms with Gasteiger partial charge in [-0.2, -0.15) is 0 Å². The predicted molar refractivity (Wildman–Crippen MR) is 127 cm³/mol. The molecule has 5 amide bonds. The Morgan fingerprint density at radius 1 is 0.943 bits per heavy atom. The molecule has 0 aliphatic carbocycles. The lowest BCUT2D eigenvalue weighted by molar-refractivity contribution is -0.141. The van der Waals surface area contributed by atoms with Crippen LogP contribution in [0.25, 0.3) is 0 Å². The maximum Gasteiger partial charge on any atom is 0.326 e. The Morgan fingerprint density at radius 3 is 2.23 bits per heavy atom. The summed E-state index contributed by atoms with van der Waals surface area (Å²) in [5, 5.41) is 16.4. The molecule has 1 aromatic carbocycles. The molecule has 0 fully saturated rings. The van der Waals surface area contributed by atoms with E-state index in [-0.39, 0.29) is 31.8 Å². The van der Waals surface area contributed by atoms with Gasteiger partial charge in [0.2, 0.25) is 24.1 Å². The molecule has 0 radical (unpaired) electrons. The standard InChI is InChI=1S/C24H32N4O7/c1-2-9-23(33)28(17-29)13-8-4-7-12-20(30)25-15-21(31)26-16-22(32)27-19(24(34)35)14-18-10-5-3-6-11-18/h2-3,5-6,9-11,17,19H,4,7-8,12-16H2,1H3,(H,25,30)(H,26,31)(H,27,32)(H,34,35)/b9-2-/t19-/m0/s1. The second-order valence-corrected chi connectivity index (χ2v) is 7.65. The van der Waals surface area contributed by atoms with Crippen LogP contribution in [0.2, 0.25) is 0 Å². The lowest BCUT2D eigenvalue weighted by Crippen LogP contribution is -2.47. The minimum Gasteiger partial charge on any atom is -0.480 e. The van der Waals surface area contributed by atoms with Crippen LogP contribution >= 0.6 is 0 Å². The van der Waals surface area contributed by atoms with Crippen LogP contribution in [-0.4, -0.2) is 71.7 Å². The second-order valence-electron chi connectivity index (χ2n) is 7.65. The molecule has 0 saturated carbocycles. The van der Waals surface area contributed by atoms with Crippen molar-refractivity contribution in [1.82, 2.24) is 20.9 Å². The van der Waals surface area contributed by atoms with Gasteiger partial charge in [-0.15, -0.1) is 0 Å². The summed E-state index contributed by atoms with van der Waals surface area (Å²) in [6.45, 7) is 1.19. The normalized spacial score (nSPS) is 11.3. The van der Waals surface area contributed by atoms with Crippen LogP contribution in [-0.2, 0) is 35.2 Å². The number of carbonyl (C=O) groups excluding carboxylic acids is 5. The van der Waals surface area contributed by atoms with Gasteiger partial charge in [0.25, 0.3) is 5.91 Å². The molecule has 0 unspecified atom stereocenters. The van der Waals surface area contributed by atoms with Gasteiger partial charge in [0.05, 0.1) is 13.1 Å². The number of carboxylic acids is 1. The summed E-state index contributed by atoms with van der Waals surface area (Å²) >= 11 is 0. The molecular formula is C24H32N4O7. The predicted octanol–water partition coefficient (Wildman–Crippen LogP) is 0.152. The molecule has 0 spiro atoms. The van der Waals surface area contributed by atoms with E-state index in [0.29, 0.717) is 25.7 Å². The number of carbonyl (C=O) groups is 6. The smallest absolute Gasteiger partial charge is 0.326 e. The summed E-state index contributed by atoms with van der Waals surface area (Å²) in [4.78, 5) is 70.7. The molecule has 0 aliphatic heterocycles. The number of nitrogens with zero attached hydrogens (tertiary/aromatic N) is 1. The van der Waals surface area contributed by atoms with Crippen molar-refractivity contribution in [2.24, 2.45) is 0 Å². The van der Waals surface area contributed by atoms with Crippen LogP contribution in [0, 0.1) is 0 Å². The molecule has 190 valence electrons. The molecule has 0 saturated heterocycles. The molecule has 1 atom stereocenters. The van der Waals surface area contributed by atoms with Gasteiger partial charge in [-0.3, -0.25) is 28.9 Å². The van der Waals surface area contributed by atoms with Crippen LogP contribution in [0.4, 0.5) is 0 Å². The molecule has 11 heteroatoms. The largest absolute Gasteiger partial charge is 0.480 e. The molecule has 1 rings (SSSR count). The third-order valence-electron chi connectivity index (χ3n) is 4.83. The first-order valence-corrected chi connectivity index (χ1v) is 11.2. The molecule has 0 aliphatic rings. The number of benzene rings is 1. The Morgan fingerprint density at radius 2 is 1.60 bits per heavy atom. The zero-order chi connectivity index (χ0) is 26.1. The van der Waals surface area contributed by atoms with E-state index in [9.17, 15) is 33.9 Å². The van der Waals surface area contributed by atoms with Crippen molar-refractivity contribution in [1.29, 1.82) is 0 Å². The lowest BCUT2D eigenvalue weighted by atomic mass is 10.1. The van der Waals surface area contributed by atoms with Crippen molar-refractivity contribution in [3.05, 3.63) is 48.0 Å². The van der Waals surface area contributed by atoms with E-state index in [1.54, 1.807) is 43.3 Å². The molecule has 1 aromatic rings. The van der Waals surface area contributed by atoms with Gasteiger partial charge < -0.3 is 21.1 Å². The van der Waals surface area contributed by atoms with Crippen LogP contribution < -0.4 is 16.0 Å². The van der Waals surface area contributed by atoms with Gasteiger partial charge in [-0.25, -0.2) is 4.79 Å². The Bertz CT molecular complexity index is 902. The maximum absolute atomic E-state index is 12.0. The van der Waals surface area contributed by atoms with Crippen LogP contribution in [0.15, 0.2) is 42.5 Å². The fraction of sp³-hybridized carbons (Fsp3) is 0.417. The second kappa shape index (κ2) is 16.6. The van der Waals surface area contributed by atoms with Gasteiger partial charge in [-0.1, -0.05) is 42.8 Å². The first kappa shape index (κ1) is 29.0. The number of amides is 5. The average Bonchev–Trinajstić information content (AvgIpc) is 2.83. The summed E-state index contributed by atoms with van der Waals surface area (Å²) in [5.41, 5.74) is 0.746. The molecule has 0 aromatic heterocycles. The minimum atomic E-state index is -1.19. The van der Waals surface area contributed by atoms with Crippen molar-refractivity contribution in [2.75, 3.05) is 19.6 Å². The summed E-state index contributed by atoms with van der Waals surface area (Å²) in [5.74, 6) is -3.19. The van der Waals surface area contributed by atoms with Crippen molar-refractivity contribution in [2.45, 2.75) is 45.1 Å². The number of rotatable bonds is 16. The Balaban J connectivity index is 2.23.